The Labute approximate surface area is 242 Å². The van der Waals surface area contributed by atoms with E-state index in [0.29, 0.717) is 7.11 Å². The molecule has 0 spiro atoms. The standard InChI is InChI=1S/C9H22N3.C8H19N3.C2H3F3O3S.CHF3O3S.CH4/c1-7-8-12(6)9(10(2)3)11(4)5;1-6-7-9-8(10(2)3)11(4)5;1-8-9(6,7)2(3,4)5;2-1(3,4)8(5,6)7;/h7-8H2,1-6H3;6-7H2,1-5H3;1H3;(H,5,6,7);1H4/q+1;;;;/p-1. The van der Waals surface area contributed by atoms with Gasteiger partial charge >= 0.3 is 27.1 Å². The van der Waals surface area contributed by atoms with Crippen molar-refractivity contribution in [2.45, 2.75) is 45.1 Å². The molecule has 0 aliphatic heterocycles. The number of nitrogens with zero attached hydrogens (tertiary/aromatic N) is 6. The third-order valence-electron chi connectivity index (χ3n) is 3.76. The van der Waals surface area contributed by atoms with E-state index in [4.69, 9.17) is 13.0 Å². The van der Waals surface area contributed by atoms with E-state index in [0.717, 1.165) is 25.5 Å². The van der Waals surface area contributed by atoms with Crippen LogP contribution in [-0.2, 0) is 24.4 Å². The molecular weight excluding hydrogens is 610 g/mol. The van der Waals surface area contributed by atoms with Crippen LogP contribution in [-0.4, -0.2) is 152 Å². The molecule has 0 aromatic rings. The van der Waals surface area contributed by atoms with Crippen LogP contribution in [0.15, 0.2) is 4.99 Å². The number of hydrogen-bond donors (Lipinski definition) is 0. The summed E-state index contributed by atoms with van der Waals surface area (Å²) < 4.78 is 117. The maximum Gasteiger partial charge on any atom is 0.523 e. The van der Waals surface area contributed by atoms with Gasteiger partial charge in [-0.3, -0.25) is 23.6 Å². The fourth-order valence-electron chi connectivity index (χ4n) is 2.51. The molecule has 0 heterocycles. The van der Waals surface area contributed by atoms with Gasteiger partial charge < -0.3 is 14.4 Å². The number of halogens is 6. The van der Waals surface area contributed by atoms with Crippen molar-refractivity contribution in [2.24, 2.45) is 4.99 Å². The van der Waals surface area contributed by atoms with E-state index in [1.807, 2.05) is 38.0 Å². The summed E-state index contributed by atoms with van der Waals surface area (Å²) in [5.74, 6) is 2.28. The first kappa shape index (κ1) is 48.7. The van der Waals surface area contributed by atoms with Gasteiger partial charge in [0.15, 0.2) is 16.1 Å². The van der Waals surface area contributed by atoms with Crippen LogP contribution in [0.3, 0.4) is 0 Å². The molecule has 0 aliphatic rings. The van der Waals surface area contributed by atoms with Crippen LogP contribution in [0.4, 0.5) is 26.3 Å². The zero-order chi connectivity index (χ0) is 33.3. The monoisotopic (exact) mass is 658 g/mol. The molecule has 0 bridgehead atoms. The van der Waals surface area contributed by atoms with E-state index in [1.165, 1.54) is 12.4 Å². The van der Waals surface area contributed by atoms with Gasteiger partial charge in [0.1, 0.15) is 0 Å². The molecule has 0 saturated carbocycles. The Morgan fingerprint density at radius 3 is 1.32 bits per heavy atom. The van der Waals surface area contributed by atoms with E-state index >= 15 is 0 Å². The Morgan fingerprint density at radius 1 is 0.805 bits per heavy atom. The van der Waals surface area contributed by atoms with Gasteiger partial charge in [0.2, 0.25) is 0 Å². The first-order valence-electron chi connectivity index (χ1n) is 11.4. The summed E-state index contributed by atoms with van der Waals surface area (Å²) in [5.41, 5.74) is -10.9. The lowest BCUT2D eigenvalue weighted by molar-refractivity contribution is -0.475. The van der Waals surface area contributed by atoms with Crippen LogP contribution in [0.25, 0.3) is 0 Å². The van der Waals surface area contributed by atoms with Gasteiger partial charge in [-0.05, 0) is 12.8 Å². The highest BCUT2D eigenvalue weighted by Gasteiger charge is 2.46. The highest BCUT2D eigenvalue weighted by Crippen LogP contribution is 2.23. The third kappa shape index (κ3) is 23.2. The minimum atomic E-state index is -6.09. The predicted molar refractivity (Wildman–Crippen MR) is 148 cm³/mol. The molecule has 0 amide bonds. The van der Waals surface area contributed by atoms with Crippen molar-refractivity contribution in [3.05, 3.63) is 0 Å². The lowest BCUT2D eigenvalue weighted by atomic mass is 10.4. The molecule has 0 unspecified atom stereocenters. The Morgan fingerprint density at radius 2 is 1.17 bits per heavy atom. The third-order valence-corrected chi connectivity index (χ3v) is 5.34. The average Bonchev–Trinajstić information content (AvgIpc) is 2.72. The minimum Gasteiger partial charge on any atom is -0.741 e. The number of rotatable bonds is 5. The summed E-state index contributed by atoms with van der Waals surface area (Å²) >= 11 is 0. The van der Waals surface area contributed by atoms with Gasteiger partial charge in [0, 0.05) is 34.7 Å². The zero-order valence-corrected chi connectivity index (χ0v) is 26.7. The molecule has 0 saturated heterocycles. The largest absolute Gasteiger partial charge is 0.741 e. The molecular formula is C21H48F6N6O6S2. The van der Waals surface area contributed by atoms with Gasteiger partial charge in [-0.25, -0.2) is 8.42 Å². The maximum absolute atomic E-state index is 11.1. The fraction of sp³-hybridized carbons (Fsp3) is 0.905. The van der Waals surface area contributed by atoms with E-state index < -0.39 is 31.3 Å². The molecule has 0 rings (SSSR count). The van der Waals surface area contributed by atoms with E-state index in [2.05, 4.69) is 72.6 Å². The molecule has 0 aromatic heterocycles. The summed E-state index contributed by atoms with van der Waals surface area (Å²) in [6, 6.07) is 0. The average molecular weight is 659 g/mol. The van der Waals surface area contributed by atoms with Crippen LogP contribution < -0.4 is 0 Å². The molecule has 252 valence electrons. The van der Waals surface area contributed by atoms with Gasteiger partial charge in [0.05, 0.1) is 48.9 Å². The van der Waals surface area contributed by atoms with Crippen LogP contribution in [0.5, 0.6) is 0 Å². The molecule has 0 fully saturated rings. The van der Waals surface area contributed by atoms with Crippen LogP contribution >= 0.6 is 0 Å². The van der Waals surface area contributed by atoms with Crippen molar-refractivity contribution in [3.63, 3.8) is 0 Å². The van der Waals surface area contributed by atoms with E-state index in [-0.39, 0.29) is 7.43 Å². The summed E-state index contributed by atoms with van der Waals surface area (Å²) in [6.45, 7) is 6.34. The van der Waals surface area contributed by atoms with E-state index in [9.17, 15) is 34.8 Å². The molecule has 20 heteroatoms. The number of alkyl halides is 6. The first-order valence-corrected chi connectivity index (χ1v) is 14.2. The summed E-state index contributed by atoms with van der Waals surface area (Å²) in [4.78, 5) is 12.9. The molecule has 41 heavy (non-hydrogen) atoms. The second-order valence-electron chi connectivity index (χ2n) is 8.45. The number of guanidine groups is 2. The predicted octanol–water partition coefficient (Wildman–Crippen LogP) is 2.56. The highest BCUT2D eigenvalue weighted by atomic mass is 32.2. The Hall–Kier alpha value is -2.06. The fourth-order valence-corrected chi connectivity index (χ4v) is 2.70. The second kappa shape index (κ2) is 21.6. The summed E-state index contributed by atoms with van der Waals surface area (Å²) in [7, 11) is 7.46. The van der Waals surface area contributed by atoms with Crippen molar-refractivity contribution in [2.75, 3.05) is 83.6 Å². The highest BCUT2D eigenvalue weighted by molar-refractivity contribution is 7.87. The maximum atomic E-state index is 11.1. The molecule has 12 nitrogen and oxygen atoms in total. The van der Waals surface area contributed by atoms with Crippen molar-refractivity contribution < 1.29 is 56.5 Å². The normalized spacial score (nSPS) is 11.0. The smallest absolute Gasteiger partial charge is 0.523 e. The lowest BCUT2D eigenvalue weighted by Gasteiger charge is -2.22. The van der Waals surface area contributed by atoms with Gasteiger partial charge in [-0.15, -0.1) is 0 Å². The molecule has 0 radical (unpaired) electrons. The quantitative estimate of drug-likeness (QED) is 0.0827. The lowest BCUT2D eigenvalue weighted by Crippen LogP contribution is -2.43. The molecule has 0 aromatic carbocycles. The molecule has 0 aliphatic carbocycles. The van der Waals surface area contributed by atoms with Crippen molar-refractivity contribution in [1.29, 1.82) is 0 Å². The van der Waals surface area contributed by atoms with Gasteiger partial charge in [-0.1, -0.05) is 21.3 Å². The number of hydrogen-bond acceptors (Lipinski definition) is 7. The Balaban J connectivity index is -0.000000141. The van der Waals surface area contributed by atoms with Crippen LogP contribution in [0.1, 0.15) is 34.1 Å². The van der Waals surface area contributed by atoms with Gasteiger partial charge in [-0.2, -0.15) is 34.8 Å². The Kier molecular flexibility index (Phi) is 25.7. The summed E-state index contributed by atoms with van der Waals surface area (Å²) in [6.07, 6.45) is 2.28. The first-order chi connectivity index (χ1) is 17.7. The van der Waals surface area contributed by atoms with Crippen molar-refractivity contribution >= 4 is 32.2 Å². The van der Waals surface area contributed by atoms with Crippen LogP contribution in [0, 0.1) is 0 Å². The SMILES string of the molecule is C.CCCN(C)C(N(C)C)=[N+](C)C.CCCN=C(N(C)C)N(C)C.COS(=O)(=O)C(F)(F)F.O=S(=O)([O-])C(F)(F)F. The molecule has 0 N–H and O–H groups in total. The van der Waals surface area contributed by atoms with Crippen LogP contribution in [0.2, 0.25) is 0 Å². The van der Waals surface area contributed by atoms with Crippen molar-refractivity contribution in [3.8, 4) is 0 Å². The minimum absolute atomic E-state index is 0. The summed E-state index contributed by atoms with van der Waals surface area (Å²) in [5, 5.41) is 0. The Bertz CT molecular complexity index is 954. The topological polar surface area (TPSA) is 129 Å². The zero-order valence-electron chi connectivity index (χ0n) is 25.0. The second-order valence-corrected chi connectivity index (χ2v) is 11.5. The van der Waals surface area contributed by atoms with E-state index in [1.54, 1.807) is 0 Å². The van der Waals surface area contributed by atoms with Gasteiger partial charge in [0.25, 0.3) is 0 Å². The molecule has 0 atom stereocenters. The number of aliphatic imine (C=N–C) groups is 1. The van der Waals surface area contributed by atoms with Crippen molar-refractivity contribution in [1.82, 2.24) is 19.6 Å².